The molecule has 2 atom stereocenters. The Kier molecular flexibility index (Phi) is 9.65. The zero-order valence-electron chi connectivity index (χ0n) is 20.3. The number of benzene rings is 3. The van der Waals surface area contributed by atoms with Crippen molar-refractivity contribution in [2.75, 3.05) is 13.7 Å². The first-order chi connectivity index (χ1) is 17.0. The van der Waals surface area contributed by atoms with E-state index in [4.69, 9.17) is 14.2 Å². The molecule has 0 spiro atoms. The molecule has 35 heavy (non-hydrogen) atoms. The van der Waals surface area contributed by atoms with Crippen LogP contribution in [0.3, 0.4) is 0 Å². The van der Waals surface area contributed by atoms with Crippen LogP contribution in [0.4, 0.5) is 0 Å². The Morgan fingerprint density at radius 2 is 1.54 bits per heavy atom. The first-order valence-electron chi connectivity index (χ1n) is 11.6. The fourth-order valence-corrected chi connectivity index (χ4v) is 3.45. The van der Waals surface area contributed by atoms with Gasteiger partial charge in [-0.1, -0.05) is 54.3 Å². The molecule has 0 aromatic heterocycles. The molecule has 0 aliphatic heterocycles. The zero-order valence-corrected chi connectivity index (χ0v) is 20.3. The first kappa shape index (κ1) is 25.7. The molecular formula is C30H30O5. The predicted molar refractivity (Wildman–Crippen MR) is 135 cm³/mol. The summed E-state index contributed by atoms with van der Waals surface area (Å²) in [5, 5.41) is 0. The van der Waals surface area contributed by atoms with Crippen LogP contribution in [0.5, 0.6) is 5.75 Å². The van der Waals surface area contributed by atoms with Gasteiger partial charge < -0.3 is 14.2 Å². The van der Waals surface area contributed by atoms with Gasteiger partial charge in [0.1, 0.15) is 11.9 Å². The van der Waals surface area contributed by atoms with Crippen molar-refractivity contribution in [2.24, 2.45) is 0 Å². The summed E-state index contributed by atoms with van der Waals surface area (Å²) in [6.07, 6.45) is 0.282. The van der Waals surface area contributed by atoms with E-state index in [2.05, 4.69) is 11.8 Å². The molecule has 0 saturated heterocycles. The van der Waals surface area contributed by atoms with Crippen LogP contribution >= 0.6 is 0 Å². The summed E-state index contributed by atoms with van der Waals surface area (Å²) in [5.41, 5.74) is 3.14. The van der Waals surface area contributed by atoms with Crippen LogP contribution < -0.4 is 4.74 Å². The fourth-order valence-electron chi connectivity index (χ4n) is 3.45. The molecule has 1 unspecified atom stereocenters. The van der Waals surface area contributed by atoms with E-state index >= 15 is 0 Å². The summed E-state index contributed by atoms with van der Waals surface area (Å²) in [7, 11) is 1.50. The molecule has 0 N–H and O–H groups in total. The fraction of sp³-hybridized carbons (Fsp3) is 0.267. The monoisotopic (exact) mass is 470 g/mol. The molecule has 180 valence electrons. The van der Waals surface area contributed by atoms with Gasteiger partial charge in [0, 0.05) is 36.6 Å². The maximum Gasteiger partial charge on any atom is 0.335 e. The summed E-state index contributed by atoms with van der Waals surface area (Å²) < 4.78 is 16.2. The van der Waals surface area contributed by atoms with Gasteiger partial charge in [-0.25, -0.2) is 4.79 Å². The van der Waals surface area contributed by atoms with Gasteiger partial charge in [0.25, 0.3) is 0 Å². The van der Waals surface area contributed by atoms with Gasteiger partial charge in [-0.15, -0.1) is 0 Å². The molecular weight excluding hydrogens is 440 g/mol. The van der Waals surface area contributed by atoms with Crippen molar-refractivity contribution >= 4 is 11.8 Å². The van der Waals surface area contributed by atoms with E-state index in [1.165, 1.54) is 7.11 Å². The summed E-state index contributed by atoms with van der Waals surface area (Å²) in [6, 6.07) is 24.1. The highest BCUT2D eigenvalue weighted by molar-refractivity contribution is 6.08. The van der Waals surface area contributed by atoms with Crippen molar-refractivity contribution < 1.29 is 23.8 Å². The maximum atomic E-state index is 12.5. The summed E-state index contributed by atoms with van der Waals surface area (Å²) in [6.45, 7) is 4.06. The van der Waals surface area contributed by atoms with Crippen LogP contribution in [0.15, 0.2) is 78.9 Å². The van der Waals surface area contributed by atoms with Crippen LogP contribution in [0, 0.1) is 11.8 Å². The second kappa shape index (κ2) is 13.1. The average Bonchev–Trinajstić information content (AvgIpc) is 2.89. The Hall–Kier alpha value is -3.88. The Bertz CT molecular complexity index is 1160. The van der Waals surface area contributed by atoms with Gasteiger partial charge in [-0.3, -0.25) is 4.79 Å². The Morgan fingerprint density at radius 3 is 2.17 bits per heavy atom. The standard InChI is InChI=1S/C30H30O5/c1-4-34-30(32)28(33-3)21-24-15-13-23(14-16-24)10-8-9-22(2)35-27-19-17-26(18-20-27)29(31)25-11-6-5-7-12-25/h5-7,11-20,22,28H,4,9,21H2,1-3H3/t22?,28-/m0/s1. The normalized spacial score (nSPS) is 12.1. The molecule has 3 rings (SSSR count). The van der Waals surface area contributed by atoms with Gasteiger partial charge >= 0.3 is 5.97 Å². The Balaban J connectivity index is 1.50. The van der Waals surface area contributed by atoms with Crippen molar-refractivity contribution in [1.29, 1.82) is 0 Å². The highest BCUT2D eigenvalue weighted by Crippen LogP contribution is 2.17. The van der Waals surface area contributed by atoms with Crippen LogP contribution in [-0.4, -0.2) is 37.7 Å². The Morgan fingerprint density at radius 1 is 0.886 bits per heavy atom. The van der Waals surface area contributed by atoms with Gasteiger partial charge in [0.2, 0.25) is 0 Å². The highest BCUT2D eigenvalue weighted by atomic mass is 16.6. The van der Waals surface area contributed by atoms with E-state index in [1.807, 2.05) is 61.5 Å². The first-order valence-corrected chi connectivity index (χ1v) is 11.6. The van der Waals surface area contributed by atoms with E-state index < -0.39 is 6.10 Å². The number of hydrogen-bond acceptors (Lipinski definition) is 5. The van der Waals surface area contributed by atoms with E-state index in [-0.39, 0.29) is 17.9 Å². The minimum atomic E-state index is -0.615. The van der Waals surface area contributed by atoms with Crippen LogP contribution in [0.25, 0.3) is 0 Å². The number of hydrogen-bond donors (Lipinski definition) is 0. The maximum absolute atomic E-state index is 12.5. The third-order valence-corrected chi connectivity index (χ3v) is 5.32. The third-order valence-electron chi connectivity index (χ3n) is 5.32. The molecule has 5 heteroatoms. The molecule has 0 saturated carbocycles. The number of esters is 1. The minimum Gasteiger partial charge on any atom is -0.490 e. The SMILES string of the molecule is CCOC(=O)[C@H](Cc1ccc(C#CCC(C)Oc2ccc(C(=O)c3ccccc3)cc2)cc1)OC. The lowest BCUT2D eigenvalue weighted by molar-refractivity contribution is -0.154. The lowest BCUT2D eigenvalue weighted by Crippen LogP contribution is -2.27. The molecule has 5 nitrogen and oxygen atoms in total. The van der Waals surface area contributed by atoms with Gasteiger partial charge in [0.05, 0.1) is 6.61 Å². The summed E-state index contributed by atoms with van der Waals surface area (Å²) in [5.74, 6) is 6.62. The third kappa shape index (κ3) is 7.84. The lowest BCUT2D eigenvalue weighted by Gasteiger charge is -2.13. The zero-order chi connectivity index (χ0) is 25.0. The Labute approximate surface area is 207 Å². The molecule has 0 amide bonds. The number of methoxy groups -OCH3 is 1. The lowest BCUT2D eigenvalue weighted by atomic mass is 10.0. The number of carbonyl (C=O) groups excluding carboxylic acids is 2. The molecule has 0 aliphatic carbocycles. The van der Waals surface area contributed by atoms with Crippen molar-refractivity contribution in [2.45, 2.75) is 38.9 Å². The number of rotatable bonds is 10. The summed E-state index contributed by atoms with van der Waals surface area (Å²) in [4.78, 5) is 24.4. The molecule has 3 aromatic carbocycles. The van der Waals surface area contributed by atoms with Gasteiger partial charge in [-0.2, -0.15) is 0 Å². The van der Waals surface area contributed by atoms with Crippen molar-refractivity contribution in [3.8, 4) is 17.6 Å². The van der Waals surface area contributed by atoms with E-state index in [0.717, 1.165) is 11.1 Å². The van der Waals surface area contributed by atoms with Gasteiger partial charge in [0.15, 0.2) is 11.9 Å². The van der Waals surface area contributed by atoms with Crippen molar-refractivity contribution in [3.05, 3.63) is 101 Å². The quantitative estimate of drug-likeness (QED) is 0.230. The van der Waals surface area contributed by atoms with Crippen LogP contribution in [0.2, 0.25) is 0 Å². The molecule has 0 bridgehead atoms. The molecule has 0 fully saturated rings. The summed E-state index contributed by atoms with van der Waals surface area (Å²) >= 11 is 0. The second-order valence-corrected chi connectivity index (χ2v) is 8.03. The molecule has 0 heterocycles. The predicted octanol–water partition coefficient (Wildman–Crippen LogP) is 5.25. The van der Waals surface area contributed by atoms with E-state index in [0.29, 0.717) is 36.3 Å². The molecule has 0 aliphatic rings. The second-order valence-electron chi connectivity index (χ2n) is 8.03. The molecule has 3 aromatic rings. The largest absolute Gasteiger partial charge is 0.490 e. The molecule has 0 radical (unpaired) electrons. The number of ketones is 1. The van der Waals surface area contributed by atoms with Crippen LogP contribution in [-0.2, 0) is 20.7 Å². The van der Waals surface area contributed by atoms with Crippen LogP contribution in [0.1, 0.15) is 47.3 Å². The van der Waals surface area contributed by atoms with E-state index in [1.54, 1.807) is 31.2 Å². The minimum absolute atomic E-state index is 0.0132. The van der Waals surface area contributed by atoms with Crippen molar-refractivity contribution in [3.63, 3.8) is 0 Å². The highest BCUT2D eigenvalue weighted by Gasteiger charge is 2.19. The van der Waals surface area contributed by atoms with Gasteiger partial charge in [-0.05, 0) is 55.8 Å². The number of ether oxygens (including phenoxy) is 3. The van der Waals surface area contributed by atoms with E-state index in [9.17, 15) is 9.59 Å². The average molecular weight is 471 g/mol. The topological polar surface area (TPSA) is 61.8 Å². The number of carbonyl (C=O) groups is 2. The smallest absolute Gasteiger partial charge is 0.335 e. The van der Waals surface area contributed by atoms with Crippen molar-refractivity contribution in [1.82, 2.24) is 0 Å².